The van der Waals surface area contributed by atoms with Crippen molar-refractivity contribution in [3.63, 3.8) is 0 Å². The van der Waals surface area contributed by atoms with Crippen molar-refractivity contribution in [1.82, 2.24) is 5.32 Å². The molecule has 2 N–H and O–H groups in total. The Bertz CT molecular complexity index is 1060. The average Bonchev–Trinajstić information content (AvgIpc) is 3.39. The van der Waals surface area contributed by atoms with Crippen molar-refractivity contribution in [1.29, 1.82) is 0 Å². The maximum Gasteiger partial charge on any atom is 0.297 e. The molecular formula is C21H23NO8S. The molecule has 5 unspecified atom stereocenters. The minimum absolute atomic E-state index is 0.00953. The van der Waals surface area contributed by atoms with Crippen LogP contribution in [0, 0.1) is 6.92 Å². The van der Waals surface area contributed by atoms with Gasteiger partial charge in [-0.15, -0.1) is 0 Å². The molecule has 0 saturated carbocycles. The Labute approximate surface area is 180 Å². The molecule has 0 aliphatic carbocycles. The first-order valence-corrected chi connectivity index (χ1v) is 11.4. The molecule has 2 bridgehead atoms. The molecule has 166 valence electrons. The first-order valence-electron chi connectivity index (χ1n) is 9.98. The van der Waals surface area contributed by atoms with Crippen molar-refractivity contribution in [2.45, 2.75) is 49.0 Å². The highest BCUT2D eigenvalue weighted by Gasteiger charge is 2.52. The molecule has 0 aromatic heterocycles. The molecule has 9 nitrogen and oxygen atoms in total. The lowest BCUT2D eigenvalue weighted by Gasteiger charge is -2.38. The van der Waals surface area contributed by atoms with Gasteiger partial charge in [0, 0.05) is 6.54 Å². The number of aliphatic hydroxyl groups excluding tert-OH is 1. The van der Waals surface area contributed by atoms with E-state index in [1.54, 1.807) is 12.1 Å². The summed E-state index contributed by atoms with van der Waals surface area (Å²) in [5.74, 6) is 1.35. The first-order chi connectivity index (χ1) is 14.9. The molecule has 0 spiro atoms. The fourth-order valence-electron chi connectivity index (χ4n) is 3.93. The van der Waals surface area contributed by atoms with Gasteiger partial charge >= 0.3 is 0 Å². The van der Waals surface area contributed by atoms with E-state index in [-0.39, 0.29) is 18.3 Å². The van der Waals surface area contributed by atoms with Gasteiger partial charge in [0.2, 0.25) is 6.79 Å². The first kappa shape index (κ1) is 20.7. The number of aryl methyl sites for hydroxylation is 1. The molecule has 3 aliphatic rings. The number of hydrogen-bond acceptors (Lipinski definition) is 9. The van der Waals surface area contributed by atoms with Crippen molar-refractivity contribution in [3.05, 3.63) is 53.6 Å². The summed E-state index contributed by atoms with van der Waals surface area (Å²) in [7, 11) is -4.11. The van der Waals surface area contributed by atoms with Crippen LogP contribution in [0.2, 0.25) is 0 Å². The summed E-state index contributed by atoms with van der Waals surface area (Å²) in [6.07, 6.45) is -3.72. The smallest absolute Gasteiger partial charge is 0.297 e. The highest BCUT2D eigenvalue weighted by molar-refractivity contribution is 7.86. The van der Waals surface area contributed by atoms with Crippen molar-refractivity contribution in [2.75, 3.05) is 13.4 Å². The van der Waals surface area contributed by atoms with Crippen LogP contribution in [0.15, 0.2) is 47.4 Å². The molecule has 5 rings (SSSR count). The lowest BCUT2D eigenvalue weighted by Crippen LogP contribution is -2.60. The van der Waals surface area contributed by atoms with Crippen LogP contribution in [-0.2, 0) is 30.3 Å². The van der Waals surface area contributed by atoms with Crippen LogP contribution in [-0.4, -0.2) is 57.6 Å². The van der Waals surface area contributed by atoms with Gasteiger partial charge in [0.25, 0.3) is 10.1 Å². The normalized spacial score (nSPS) is 29.3. The van der Waals surface area contributed by atoms with E-state index in [9.17, 15) is 13.5 Å². The van der Waals surface area contributed by atoms with E-state index in [0.29, 0.717) is 18.0 Å². The molecule has 31 heavy (non-hydrogen) atoms. The third-order valence-corrected chi connectivity index (χ3v) is 6.96. The van der Waals surface area contributed by atoms with Crippen LogP contribution in [0.5, 0.6) is 11.5 Å². The van der Waals surface area contributed by atoms with E-state index >= 15 is 0 Å². The Kier molecular flexibility index (Phi) is 5.37. The summed E-state index contributed by atoms with van der Waals surface area (Å²) < 4.78 is 52.9. The van der Waals surface area contributed by atoms with Crippen LogP contribution in [0.1, 0.15) is 11.1 Å². The maximum absolute atomic E-state index is 12.7. The molecule has 2 aromatic rings. The van der Waals surface area contributed by atoms with Gasteiger partial charge in [0.1, 0.15) is 12.2 Å². The summed E-state index contributed by atoms with van der Waals surface area (Å²) in [5, 5.41) is 14.2. The minimum Gasteiger partial charge on any atom is -0.454 e. The minimum atomic E-state index is -4.11. The lowest BCUT2D eigenvalue weighted by atomic mass is 9.98. The number of nitrogens with one attached hydrogen (secondary N) is 1. The third-order valence-electron chi connectivity index (χ3n) is 5.63. The number of hydrogen-bond donors (Lipinski definition) is 2. The zero-order valence-electron chi connectivity index (χ0n) is 16.8. The molecule has 3 aliphatic heterocycles. The van der Waals surface area contributed by atoms with E-state index in [0.717, 1.165) is 11.1 Å². The summed E-state index contributed by atoms with van der Waals surface area (Å²) in [4.78, 5) is 0.00953. The van der Waals surface area contributed by atoms with E-state index in [1.165, 1.54) is 12.1 Å². The van der Waals surface area contributed by atoms with Crippen molar-refractivity contribution < 1.29 is 36.7 Å². The van der Waals surface area contributed by atoms with Gasteiger partial charge in [-0.3, -0.25) is 4.18 Å². The SMILES string of the molecule is Cc1ccc(S(=O)(=O)OC2C3OCC(O3)C(NCc3ccc4c(c3)OCO4)C2O)cc1. The molecule has 0 amide bonds. The number of rotatable bonds is 6. The molecule has 0 radical (unpaired) electrons. The molecule has 2 aromatic carbocycles. The number of benzene rings is 2. The molecular weight excluding hydrogens is 426 g/mol. The molecule has 2 saturated heterocycles. The van der Waals surface area contributed by atoms with Crippen molar-refractivity contribution in [3.8, 4) is 11.5 Å². The Morgan fingerprint density at radius 3 is 2.71 bits per heavy atom. The van der Waals surface area contributed by atoms with Gasteiger partial charge in [-0.1, -0.05) is 23.8 Å². The quantitative estimate of drug-likeness (QED) is 0.626. The standard InChI is InChI=1S/C21H23NO8S/c1-12-2-5-14(6-3-12)31(24,25)30-20-19(23)18(17-10-26-21(20)29-17)22-9-13-4-7-15-16(8-13)28-11-27-15/h2-8,17-23H,9-11H2,1H3. The third kappa shape index (κ3) is 4.02. The highest BCUT2D eigenvalue weighted by Crippen LogP contribution is 2.34. The molecule has 3 heterocycles. The van der Waals surface area contributed by atoms with E-state index < -0.39 is 40.8 Å². The van der Waals surface area contributed by atoms with Gasteiger partial charge in [-0.05, 0) is 36.8 Å². The average molecular weight is 449 g/mol. The van der Waals surface area contributed by atoms with Crippen LogP contribution in [0.4, 0.5) is 0 Å². The topological polar surface area (TPSA) is 113 Å². The van der Waals surface area contributed by atoms with Crippen LogP contribution >= 0.6 is 0 Å². The Morgan fingerprint density at radius 1 is 1.13 bits per heavy atom. The Morgan fingerprint density at radius 2 is 1.90 bits per heavy atom. The second kappa shape index (κ2) is 8.05. The Balaban J connectivity index is 1.30. The second-order valence-corrected chi connectivity index (χ2v) is 9.36. The van der Waals surface area contributed by atoms with Gasteiger partial charge < -0.3 is 29.4 Å². The maximum atomic E-state index is 12.7. The predicted octanol–water partition coefficient (Wildman–Crippen LogP) is 1.07. The largest absolute Gasteiger partial charge is 0.454 e. The zero-order chi connectivity index (χ0) is 21.6. The predicted molar refractivity (Wildman–Crippen MR) is 107 cm³/mol. The highest BCUT2D eigenvalue weighted by atomic mass is 32.2. The van der Waals surface area contributed by atoms with Gasteiger partial charge in [-0.25, -0.2) is 0 Å². The van der Waals surface area contributed by atoms with Crippen molar-refractivity contribution >= 4 is 10.1 Å². The lowest BCUT2D eigenvalue weighted by molar-refractivity contribution is -0.192. The van der Waals surface area contributed by atoms with Gasteiger partial charge in [0.05, 0.1) is 17.5 Å². The van der Waals surface area contributed by atoms with Crippen LogP contribution in [0.25, 0.3) is 0 Å². The van der Waals surface area contributed by atoms with E-state index in [1.807, 2.05) is 25.1 Å². The summed E-state index contributed by atoms with van der Waals surface area (Å²) >= 11 is 0. The molecule has 10 heteroatoms. The fraction of sp³-hybridized carbons (Fsp3) is 0.429. The van der Waals surface area contributed by atoms with E-state index in [4.69, 9.17) is 23.1 Å². The number of aliphatic hydroxyl groups is 1. The fourth-order valence-corrected chi connectivity index (χ4v) is 5.01. The number of ether oxygens (including phenoxy) is 4. The summed E-state index contributed by atoms with van der Waals surface area (Å²) in [6, 6.07) is 11.3. The molecule has 5 atom stereocenters. The number of fused-ring (bicyclic) bond motifs is 3. The van der Waals surface area contributed by atoms with Crippen molar-refractivity contribution in [2.24, 2.45) is 0 Å². The second-order valence-electron chi connectivity index (χ2n) is 7.79. The molecule has 2 fully saturated rings. The van der Waals surface area contributed by atoms with Crippen LogP contribution < -0.4 is 14.8 Å². The monoisotopic (exact) mass is 449 g/mol. The Hall–Kier alpha value is -2.21. The van der Waals surface area contributed by atoms with Gasteiger partial charge in [0.15, 0.2) is 23.9 Å². The van der Waals surface area contributed by atoms with Crippen LogP contribution in [0.3, 0.4) is 0 Å². The summed E-state index contributed by atoms with van der Waals surface area (Å²) in [5.41, 5.74) is 1.84. The zero-order valence-corrected chi connectivity index (χ0v) is 17.6. The summed E-state index contributed by atoms with van der Waals surface area (Å²) in [6.45, 7) is 2.68. The van der Waals surface area contributed by atoms with E-state index in [2.05, 4.69) is 5.32 Å². The van der Waals surface area contributed by atoms with Gasteiger partial charge in [-0.2, -0.15) is 8.42 Å².